The van der Waals surface area contributed by atoms with Crippen LogP contribution in [0.3, 0.4) is 0 Å². The molecule has 1 aromatic heterocycles. The fourth-order valence-electron chi connectivity index (χ4n) is 1.87. The zero-order chi connectivity index (χ0) is 16.9. The lowest BCUT2D eigenvalue weighted by Gasteiger charge is -2.10. The molecule has 0 amide bonds. The van der Waals surface area contributed by atoms with Gasteiger partial charge in [0.2, 0.25) is 0 Å². The first-order valence-corrected chi connectivity index (χ1v) is 6.96. The Morgan fingerprint density at radius 3 is 2.65 bits per heavy atom. The highest BCUT2D eigenvalue weighted by Gasteiger charge is 2.30. The number of aromatic nitrogens is 1. The van der Waals surface area contributed by atoms with Crippen molar-refractivity contribution in [2.45, 2.75) is 26.2 Å². The van der Waals surface area contributed by atoms with Gasteiger partial charge in [0, 0.05) is 18.4 Å². The van der Waals surface area contributed by atoms with E-state index in [1.54, 1.807) is 12.3 Å². The number of aryl methyl sites for hydroxylation is 1. The monoisotopic (exact) mass is 322 g/mol. The number of rotatable bonds is 4. The first-order valence-electron chi connectivity index (χ1n) is 6.96. The van der Waals surface area contributed by atoms with Crippen LogP contribution in [-0.2, 0) is 19.3 Å². The molecule has 0 aliphatic rings. The van der Waals surface area contributed by atoms with E-state index in [1.165, 1.54) is 6.07 Å². The number of nitrogens with two attached hydrogens (primary N) is 1. The third kappa shape index (κ3) is 5.28. The van der Waals surface area contributed by atoms with Gasteiger partial charge in [-0.2, -0.15) is 13.2 Å². The van der Waals surface area contributed by atoms with E-state index in [1.807, 2.05) is 19.1 Å². The maximum absolute atomic E-state index is 12.6. The molecule has 0 aliphatic carbocycles. The van der Waals surface area contributed by atoms with Crippen LogP contribution in [0, 0.1) is 6.92 Å². The zero-order valence-electron chi connectivity index (χ0n) is 12.6. The predicted molar refractivity (Wildman–Crippen MR) is 82.6 cm³/mol. The molecular formula is C16H17F3N4. The van der Waals surface area contributed by atoms with E-state index < -0.39 is 11.7 Å². The molecule has 0 atom stereocenters. The van der Waals surface area contributed by atoms with Gasteiger partial charge < -0.3 is 11.1 Å². The second kappa shape index (κ2) is 7.13. The van der Waals surface area contributed by atoms with Crippen LogP contribution in [0.15, 0.2) is 47.6 Å². The van der Waals surface area contributed by atoms with Gasteiger partial charge in [0.05, 0.1) is 12.1 Å². The summed E-state index contributed by atoms with van der Waals surface area (Å²) in [4.78, 5) is 8.28. The molecule has 3 N–H and O–H groups in total. The molecule has 0 radical (unpaired) electrons. The molecule has 4 nitrogen and oxygen atoms in total. The Bertz CT molecular complexity index is 678. The van der Waals surface area contributed by atoms with Crippen LogP contribution < -0.4 is 11.1 Å². The summed E-state index contributed by atoms with van der Waals surface area (Å²) in [6, 6.07) is 8.85. The van der Waals surface area contributed by atoms with Gasteiger partial charge >= 0.3 is 6.18 Å². The van der Waals surface area contributed by atoms with Crippen molar-refractivity contribution in [3.05, 3.63) is 65.0 Å². The maximum atomic E-state index is 12.6. The normalized spacial score (nSPS) is 12.3. The smallest absolute Gasteiger partial charge is 0.370 e. The Kier molecular flexibility index (Phi) is 5.20. The van der Waals surface area contributed by atoms with Gasteiger partial charge in [-0.1, -0.05) is 18.2 Å². The number of pyridine rings is 1. The molecule has 0 saturated carbocycles. The zero-order valence-corrected chi connectivity index (χ0v) is 12.6. The van der Waals surface area contributed by atoms with E-state index in [-0.39, 0.29) is 12.5 Å². The summed E-state index contributed by atoms with van der Waals surface area (Å²) in [6.07, 6.45) is -2.65. The van der Waals surface area contributed by atoms with E-state index in [0.717, 1.165) is 23.4 Å². The fraction of sp³-hybridized carbons (Fsp3) is 0.250. The van der Waals surface area contributed by atoms with Crippen molar-refractivity contribution in [1.29, 1.82) is 0 Å². The standard InChI is InChI=1S/C16H17F3N4/c1-11-5-6-13(9-21-11)10-23-15(20)22-8-12-3-2-4-14(7-12)16(17,18)19/h2-7,9H,8,10H2,1H3,(H3,20,22,23). The summed E-state index contributed by atoms with van der Waals surface area (Å²) < 4.78 is 37.9. The lowest BCUT2D eigenvalue weighted by atomic mass is 10.1. The lowest BCUT2D eigenvalue weighted by molar-refractivity contribution is -0.137. The van der Waals surface area contributed by atoms with Crippen LogP contribution in [0.5, 0.6) is 0 Å². The van der Waals surface area contributed by atoms with E-state index in [2.05, 4.69) is 15.3 Å². The minimum atomic E-state index is -4.35. The number of halogens is 3. The Balaban J connectivity index is 1.92. The van der Waals surface area contributed by atoms with E-state index >= 15 is 0 Å². The van der Waals surface area contributed by atoms with Gasteiger partial charge in [0.25, 0.3) is 0 Å². The van der Waals surface area contributed by atoms with Crippen LogP contribution in [0.2, 0.25) is 0 Å². The topological polar surface area (TPSA) is 63.3 Å². The van der Waals surface area contributed by atoms with Crippen LogP contribution in [-0.4, -0.2) is 10.9 Å². The molecular weight excluding hydrogens is 305 g/mol. The Morgan fingerprint density at radius 2 is 2.00 bits per heavy atom. The summed E-state index contributed by atoms with van der Waals surface area (Å²) in [7, 11) is 0. The average Bonchev–Trinajstić information content (AvgIpc) is 2.52. The molecule has 0 aliphatic heterocycles. The predicted octanol–water partition coefficient (Wildman–Crippen LogP) is 3.01. The van der Waals surface area contributed by atoms with Crippen molar-refractivity contribution in [3.8, 4) is 0 Å². The van der Waals surface area contributed by atoms with Gasteiger partial charge in [0.1, 0.15) is 0 Å². The third-order valence-corrected chi connectivity index (χ3v) is 3.13. The number of hydrogen-bond donors (Lipinski definition) is 2. The van der Waals surface area contributed by atoms with Crippen molar-refractivity contribution in [2.75, 3.05) is 0 Å². The van der Waals surface area contributed by atoms with E-state index in [4.69, 9.17) is 5.73 Å². The van der Waals surface area contributed by atoms with Gasteiger partial charge in [-0.15, -0.1) is 0 Å². The molecule has 0 saturated heterocycles. The van der Waals surface area contributed by atoms with Crippen molar-refractivity contribution in [2.24, 2.45) is 10.7 Å². The number of aliphatic imine (C=N–C) groups is 1. The van der Waals surface area contributed by atoms with Crippen molar-refractivity contribution >= 4 is 5.96 Å². The van der Waals surface area contributed by atoms with Crippen molar-refractivity contribution in [1.82, 2.24) is 10.3 Å². The van der Waals surface area contributed by atoms with Gasteiger partial charge in [-0.3, -0.25) is 4.98 Å². The quantitative estimate of drug-likeness (QED) is 0.672. The largest absolute Gasteiger partial charge is 0.416 e. The number of benzene rings is 1. The van der Waals surface area contributed by atoms with Gasteiger partial charge in [-0.25, -0.2) is 4.99 Å². The SMILES string of the molecule is Cc1ccc(CN=C(N)NCc2cccc(C(F)(F)F)c2)cn1. The summed E-state index contributed by atoms with van der Waals surface area (Å²) in [6.45, 7) is 2.41. The third-order valence-electron chi connectivity index (χ3n) is 3.13. The highest BCUT2D eigenvalue weighted by Crippen LogP contribution is 2.29. The molecule has 0 unspecified atom stereocenters. The van der Waals surface area contributed by atoms with Crippen LogP contribution in [0.1, 0.15) is 22.4 Å². The van der Waals surface area contributed by atoms with E-state index in [0.29, 0.717) is 12.1 Å². The number of guanidine groups is 1. The van der Waals surface area contributed by atoms with Crippen LogP contribution in [0.25, 0.3) is 0 Å². The van der Waals surface area contributed by atoms with Crippen molar-refractivity contribution in [3.63, 3.8) is 0 Å². The van der Waals surface area contributed by atoms with Crippen LogP contribution >= 0.6 is 0 Å². The highest BCUT2D eigenvalue weighted by molar-refractivity contribution is 5.77. The Morgan fingerprint density at radius 1 is 1.22 bits per heavy atom. The minimum absolute atomic E-state index is 0.169. The molecule has 0 bridgehead atoms. The Hall–Kier alpha value is -2.57. The first-order chi connectivity index (χ1) is 10.8. The second-order valence-corrected chi connectivity index (χ2v) is 5.06. The minimum Gasteiger partial charge on any atom is -0.370 e. The first kappa shape index (κ1) is 16.8. The maximum Gasteiger partial charge on any atom is 0.416 e. The molecule has 23 heavy (non-hydrogen) atoms. The highest BCUT2D eigenvalue weighted by atomic mass is 19.4. The number of nitrogens with one attached hydrogen (secondary N) is 1. The fourth-order valence-corrected chi connectivity index (χ4v) is 1.87. The van der Waals surface area contributed by atoms with Gasteiger partial charge in [0.15, 0.2) is 5.96 Å². The molecule has 1 heterocycles. The Labute approximate surface area is 132 Å². The lowest BCUT2D eigenvalue weighted by Crippen LogP contribution is -2.31. The molecule has 122 valence electrons. The second-order valence-electron chi connectivity index (χ2n) is 5.06. The molecule has 1 aromatic carbocycles. The van der Waals surface area contributed by atoms with E-state index in [9.17, 15) is 13.2 Å². The average molecular weight is 322 g/mol. The number of nitrogens with zero attached hydrogens (tertiary/aromatic N) is 2. The summed E-state index contributed by atoms with van der Waals surface area (Å²) in [5.41, 5.74) is 7.33. The molecule has 2 aromatic rings. The number of hydrogen-bond acceptors (Lipinski definition) is 2. The van der Waals surface area contributed by atoms with Gasteiger partial charge in [-0.05, 0) is 36.2 Å². The molecule has 2 rings (SSSR count). The van der Waals surface area contributed by atoms with Crippen molar-refractivity contribution < 1.29 is 13.2 Å². The molecule has 7 heteroatoms. The number of alkyl halides is 3. The van der Waals surface area contributed by atoms with Crippen LogP contribution in [0.4, 0.5) is 13.2 Å². The molecule has 0 spiro atoms. The summed E-state index contributed by atoms with van der Waals surface area (Å²) in [5.74, 6) is 0.169. The summed E-state index contributed by atoms with van der Waals surface area (Å²) >= 11 is 0. The molecule has 0 fully saturated rings. The summed E-state index contributed by atoms with van der Waals surface area (Å²) in [5, 5.41) is 2.80.